The van der Waals surface area contributed by atoms with Crippen molar-refractivity contribution in [3.8, 4) is 0 Å². The summed E-state index contributed by atoms with van der Waals surface area (Å²) < 4.78 is 54.4. The van der Waals surface area contributed by atoms with E-state index in [1.165, 1.54) is 40.7 Å². The molecule has 4 nitrogen and oxygen atoms in total. The van der Waals surface area contributed by atoms with Crippen molar-refractivity contribution in [1.29, 1.82) is 0 Å². The lowest BCUT2D eigenvalue weighted by molar-refractivity contribution is 0.270. The molecule has 1 fully saturated rings. The second-order valence-electron chi connectivity index (χ2n) is 5.32. The molecule has 23 heavy (non-hydrogen) atoms. The summed E-state index contributed by atoms with van der Waals surface area (Å²) in [4.78, 5) is -0.358. The topological polar surface area (TPSA) is 49.4 Å². The van der Waals surface area contributed by atoms with Gasteiger partial charge in [-0.1, -0.05) is 24.3 Å². The molecule has 122 valence electrons. The van der Waals surface area contributed by atoms with Crippen LogP contribution in [0.4, 0.5) is 8.78 Å². The molecule has 0 bridgehead atoms. The average Bonchev–Trinajstić information content (AvgIpc) is 2.55. The van der Waals surface area contributed by atoms with Crippen LogP contribution >= 0.6 is 0 Å². The van der Waals surface area contributed by atoms with Gasteiger partial charge in [0, 0.05) is 19.6 Å². The summed E-state index contributed by atoms with van der Waals surface area (Å²) in [6.45, 7) is 0.995. The summed E-state index contributed by atoms with van der Waals surface area (Å²) >= 11 is 0. The molecule has 2 aromatic carbocycles. The highest BCUT2D eigenvalue weighted by molar-refractivity contribution is 7.89. The molecule has 1 saturated heterocycles. The zero-order valence-electron chi connectivity index (χ0n) is 12.2. The van der Waals surface area contributed by atoms with Gasteiger partial charge in [-0.3, -0.25) is 0 Å². The maximum atomic E-state index is 14.0. The second kappa shape index (κ2) is 6.35. The van der Waals surface area contributed by atoms with Crippen molar-refractivity contribution in [3.63, 3.8) is 0 Å². The van der Waals surface area contributed by atoms with Crippen LogP contribution in [0.1, 0.15) is 11.6 Å². The molecule has 1 atom stereocenters. The largest absolute Gasteiger partial charge is 0.313 e. The summed E-state index contributed by atoms with van der Waals surface area (Å²) in [5.41, 5.74) is 0.539. The van der Waals surface area contributed by atoms with Gasteiger partial charge >= 0.3 is 0 Å². The Labute approximate surface area is 133 Å². The fraction of sp³-hybridized carbons (Fsp3) is 0.250. The molecule has 0 aliphatic carbocycles. The fourth-order valence-corrected chi connectivity index (χ4v) is 4.43. The van der Waals surface area contributed by atoms with E-state index >= 15 is 0 Å². The summed E-state index contributed by atoms with van der Waals surface area (Å²) in [6, 6.07) is 10.5. The highest BCUT2D eigenvalue weighted by Crippen LogP contribution is 2.30. The quantitative estimate of drug-likeness (QED) is 0.934. The lowest BCUT2D eigenvalue weighted by Gasteiger charge is -2.35. The van der Waals surface area contributed by atoms with Crippen molar-refractivity contribution in [1.82, 2.24) is 9.62 Å². The minimum Gasteiger partial charge on any atom is -0.313 e. The van der Waals surface area contributed by atoms with Crippen molar-refractivity contribution in [2.75, 3.05) is 19.6 Å². The Kier molecular flexibility index (Phi) is 4.43. The van der Waals surface area contributed by atoms with Crippen LogP contribution in [0.5, 0.6) is 0 Å². The van der Waals surface area contributed by atoms with E-state index in [-0.39, 0.29) is 11.4 Å². The third-order valence-corrected chi connectivity index (χ3v) is 5.79. The number of benzene rings is 2. The first-order chi connectivity index (χ1) is 11.0. The SMILES string of the molecule is O=S(=O)(c1ccccc1F)N1CCNCC1c1cccc(F)c1. The van der Waals surface area contributed by atoms with E-state index in [4.69, 9.17) is 0 Å². The first kappa shape index (κ1) is 16.0. The minimum absolute atomic E-state index is 0.192. The van der Waals surface area contributed by atoms with Crippen LogP contribution in [0.15, 0.2) is 53.4 Å². The van der Waals surface area contributed by atoms with Gasteiger partial charge in [0.2, 0.25) is 10.0 Å². The number of nitrogens with zero attached hydrogens (tertiary/aromatic N) is 1. The Balaban J connectivity index is 2.03. The minimum atomic E-state index is -4.01. The summed E-state index contributed by atoms with van der Waals surface area (Å²) in [5.74, 6) is -1.22. The Hall–Kier alpha value is -1.83. The molecular weight excluding hydrogens is 322 g/mol. The number of halogens is 2. The Morgan fingerprint density at radius 3 is 2.61 bits per heavy atom. The van der Waals surface area contributed by atoms with Gasteiger partial charge in [0.25, 0.3) is 0 Å². The van der Waals surface area contributed by atoms with E-state index in [2.05, 4.69) is 5.32 Å². The molecule has 1 N–H and O–H groups in total. The molecular formula is C16H16F2N2O2S. The first-order valence-corrected chi connectivity index (χ1v) is 8.67. The van der Waals surface area contributed by atoms with Crippen molar-refractivity contribution in [2.45, 2.75) is 10.9 Å². The molecule has 1 aliphatic heterocycles. The summed E-state index contributed by atoms with van der Waals surface area (Å²) in [5, 5.41) is 3.10. The van der Waals surface area contributed by atoms with Gasteiger partial charge < -0.3 is 5.32 Å². The van der Waals surface area contributed by atoms with Gasteiger partial charge in [-0.05, 0) is 29.8 Å². The number of hydrogen-bond donors (Lipinski definition) is 1. The van der Waals surface area contributed by atoms with E-state index in [0.29, 0.717) is 18.7 Å². The lowest BCUT2D eigenvalue weighted by atomic mass is 10.1. The molecule has 0 amide bonds. The first-order valence-electron chi connectivity index (χ1n) is 7.23. The van der Waals surface area contributed by atoms with Crippen molar-refractivity contribution in [2.24, 2.45) is 0 Å². The van der Waals surface area contributed by atoms with Crippen LogP contribution in [-0.4, -0.2) is 32.4 Å². The second-order valence-corrected chi connectivity index (χ2v) is 7.18. The van der Waals surface area contributed by atoms with Crippen LogP contribution in [-0.2, 0) is 10.0 Å². The van der Waals surface area contributed by atoms with Crippen LogP contribution in [0.3, 0.4) is 0 Å². The van der Waals surface area contributed by atoms with Crippen LogP contribution in [0.25, 0.3) is 0 Å². The van der Waals surface area contributed by atoms with Crippen LogP contribution in [0.2, 0.25) is 0 Å². The number of rotatable bonds is 3. The van der Waals surface area contributed by atoms with Gasteiger partial charge in [-0.2, -0.15) is 4.31 Å². The molecule has 0 spiro atoms. The van der Waals surface area contributed by atoms with Gasteiger partial charge in [0.05, 0.1) is 6.04 Å². The highest BCUT2D eigenvalue weighted by Gasteiger charge is 2.35. The van der Waals surface area contributed by atoms with Gasteiger partial charge in [0.1, 0.15) is 16.5 Å². The number of hydrogen-bond acceptors (Lipinski definition) is 3. The Morgan fingerprint density at radius 1 is 1.09 bits per heavy atom. The predicted octanol–water partition coefficient (Wildman–Crippen LogP) is 2.30. The lowest BCUT2D eigenvalue weighted by Crippen LogP contribution is -2.48. The normalized spacial score (nSPS) is 19.7. The average molecular weight is 338 g/mol. The number of piperazine rings is 1. The molecule has 3 rings (SSSR count). The summed E-state index contributed by atoms with van der Waals surface area (Å²) in [6.07, 6.45) is 0. The molecule has 1 heterocycles. The van der Waals surface area contributed by atoms with E-state index in [0.717, 1.165) is 6.07 Å². The van der Waals surface area contributed by atoms with E-state index in [1.54, 1.807) is 6.07 Å². The molecule has 1 aliphatic rings. The third-order valence-electron chi connectivity index (χ3n) is 3.85. The molecule has 7 heteroatoms. The maximum absolute atomic E-state index is 14.0. The van der Waals surface area contributed by atoms with E-state index in [9.17, 15) is 17.2 Å². The highest BCUT2D eigenvalue weighted by atomic mass is 32.2. The molecule has 0 saturated carbocycles. The molecule has 0 aromatic heterocycles. The molecule has 1 unspecified atom stereocenters. The zero-order chi connectivity index (χ0) is 16.4. The van der Waals surface area contributed by atoms with Crippen LogP contribution < -0.4 is 5.32 Å². The number of sulfonamides is 1. The molecule has 0 radical (unpaired) electrons. The van der Waals surface area contributed by atoms with Gasteiger partial charge in [-0.25, -0.2) is 17.2 Å². The smallest absolute Gasteiger partial charge is 0.246 e. The van der Waals surface area contributed by atoms with Crippen molar-refractivity contribution in [3.05, 3.63) is 65.7 Å². The van der Waals surface area contributed by atoms with Gasteiger partial charge in [0.15, 0.2) is 0 Å². The van der Waals surface area contributed by atoms with Crippen molar-refractivity contribution < 1.29 is 17.2 Å². The Bertz CT molecular complexity index is 811. The van der Waals surface area contributed by atoms with Gasteiger partial charge in [-0.15, -0.1) is 0 Å². The van der Waals surface area contributed by atoms with Crippen LogP contribution in [0, 0.1) is 11.6 Å². The third kappa shape index (κ3) is 3.12. The fourth-order valence-electron chi connectivity index (χ4n) is 2.75. The maximum Gasteiger partial charge on any atom is 0.246 e. The van der Waals surface area contributed by atoms with E-state index < -0.39 is 27.7 Å². The number of nitrogens with one attached hydrogen (secondary N) is 1. The standard InChI is InChI=1S/C16H16F2N2O2S/c17-13-5-3-4-12(10-13)15-11-19-8-9-20(15)23(21,22)16-7-2-1-6-14(16)18/h1-7,10,15,19H,8-9,11H2. The molecule has 2 aromatic rings. The Morgan fingerprint density at radius 2 is 1.87 bits per heavy atom. The predicted molar refractivity (Wildman–Crippen MR) is 82.3 cm³/mol. The van der Waals surface area contributed by atoms with Crippen molar-refractivity contribution >= 4 is 10.0 Å². The monoisotopic (exact) mass is 338 g/mol. The summed E-state index contributed by atoms with van der Waals surface area (Å²) in [7, 11) is -4.01. The van der Waals surface area contributed by atoms with E-state index in [1.807, 2.05) is 0 Å². The zero-order valence-corrected chi connectivity index (χ0v) is 13.1.